The molecule has 9 heavy (non-hydrogen) atoms. The molecule has 1 aromatic heterocycles. The highest BCUT2D eigenvalue weighted by molar-refractivity contribution is 7.08. The van der Waals surface area contributed by atoms with Crippen molar-refractivity contribution in [2.45, 2.75) is 6.92 Å². The Morgan fingerprint density at radius 3 is 3.00 bits per heavy atom. The van der Waals surface area contributed by atoms with Crippen molar-refractivity contribution < 1.29 is 5.11 Å². The molecule has 0 spiro atoms. The van der Waals surface area contributed by atoms with E-state index in [9.17, 15) is 0 Å². The van der Waals surface area contributed by atoms with Gasteiger partial charge in [-0.3, -0.25) is 0 Å². The lowest BCUT2D eigenvalue weighted by Gasteiger charge is -1.89. The molecule has 0 unspecified atom stereocenters. The summed E-state index contributed by atoms with van der Waals surface area (Å²) in [7, 11) is 0. The predicted molar refractivity (Wildman–Crippen MR) is 40.6 cm³/mol. The van der Waals surface area contributed by atoms with Gasteiger partial charge in [0.05, 0.1) is 0 Å². The van der Waals surface area contributed by atoms with Crippen molar-refractivity contribution in [1.82, 2.24) is 0 Å². The Bertz CT molecular complexity index is 199. The zero-order valence-corrected chi connectivity index (χ0v) is 5.98. The maximum absolute atomic E-state index is 9.09. The van der Waals surface area contributed by atoms with Crippen molar-refractivity contribution in [2.24, 2.45) is 0 Å². The minimum atomic E-state index is 0.358. The second-order valence-corrected chi connectivity index (χ2v) is 2.47. The fraction of sp³-hybridized carbons (Fsp3) is 0.143. The molecule has 2 heteroatoms. The molecule has 48 valence electrons. The molecule has 0 radical (unpaired) electrons. The van der Waals surface area contributed by atoms with Gasteiger partial charge in [0, 0.05) is 10.9 Å². The summed E-state index contributed by atoms with van der Waals surface area (Å²) in [5.74, 6) is 0.358. The molecule has 0 fully saturated rings. The Morgan fingerprint density at radius 1 is 1.78 bits per heavy atom. The van der Waals surface area contributed by atoms with Gasteiger partial charge in [-0.15, -0.1) is 0 Å². The van der Waals surface area contributed by atoms with E-state index in [1.807, 2.05) is 23.8 Å². The predicted octanol–water partition coefficient (Wildman–Crippen LogP) is 2.67. The zero-order chi connectivity index (χ0) is 6.69. The summed E-state index contributed by atoms with van der Waals surface area (Å²) in [5.41, 5.74) is 0.905. The van der Waals surface area contributed by atoms with Gasteiger partial charge in [0.2, 0.25) is 0 Å². The van der Waals surface area contributed by atoms with E-state index in [1.165, 1.54) is 0 Å². The fourth-order valence-electron chi connectivity index (χ4n) is 0.577. The van der Waals surface area contributed by atoms with Crippen molar-refractivity contribution in [3.8, 4) is 0 Å². The summed E-state index contributed by atoms with van der Waals surface area (Å²) in [6.45, 7) is 1.81. The van der Waals surface area contributed by atoms with Crippen LogP contribution in [0.15, 0.2) is 22.9 Å². The van der Waals surface area contributed by atoms with Gasteiger partial charge in [-0.2, -0.15) is 11.3 Å². The minimum absolute atomic E-state index is 0.358. The molecule has 1 heterocycles. The van der Waals surface area contributed by atoms with Crippen LogP contribution in [-0.4, -0.2) is 5.11 Å². The molecule has 1 aromatic rings. The molecule has 1 rings (SSSR count). The highest BCUT2D eigenvalue weighted by atomic mass is 32.1. The van der Waals surface area contributed by atoms with Crippen LogP contribution in [0.4, 0.5) is 0 Å². The van der Waals surface area contributed by atoms with Gasteiger partial charge in [-0.1, -0.05) is 0 Å². The Kier molecular flexibility index (Phi) is 1.90. The maximum atomic E-state index is 9.09. The smallest absolute Gasteiger partial charge is 0.119 e. The van der Waals surface area contributed by atoms with Crippen LogP contribution < -0.4 is 0 Å². The van der Waals surface area contributed by atoms with Crippen LogP contribution >= 0.6 is 11.3 Å². The summed E-state index contributed by atoms with van der Waals surface area (Å²) in [5, 5.41) is 12.9. The molecule has 0 amide bonds. The third kappa shape index (κ3) is 1.33. The van der Waals surface area contributed by atoms with Crippen LogP contribution in [-0.2, 0) is 0 Å². The molecule has 0 bridgehead atoms. The van der Waals surface area contributed by atoms with Gasteiger partial charge in [0.15, 0.2) is 0 Å². The van der Waals surface area contributed by atoms with Gasteiger partial charge in [0.25, 0.3) is 0 Å². The molecule has 1 N–H and O–H groups in total. The van der Waals surface area contributed by atoms with Crippen molar-refractivity contribution in [3.63, 3.8) is 0 Å². The van der Waals surface area contributed by atoms with Crippen LogP contribution in [0.3, 0.4) is 0 Å². The van der Waals surface area contributed by atoms with E-state index in [2.05, 4.69) is 0 Å². The van der Waals surface area contributed by atoms with Gasteiger partial charge < -0.3 is 5.11 Å². The number of thiophene rings is 1. The van der Waals surface area contributed by atoms with E-state index in [0.717, 1.165) is 5.56 Å². The second kappa shape index (κ2) is 2.69. The summed E-state index contributed by atoms with van der Waals surface area (Å²) >= 11 is 1.58. The summed E-state index contributed by atoms with van der Waals surface area (Å²) in [4.78, 5) is 0. The average molecular weight is 140 g/mol. The van der Waals surface area contributed by atoms with Gasteiger partial charge in [0.1, 0.15) is 5.76 Å². The lowest BCUT2D eigenvalue weighted by atomic mass is 10.3. The van der Waals surface area contributed by atoms with Gasteiger partial charge in [-0.25, -0.2) is 0 Å². The van der Waals surface area contributed by atoms with Crippen LogP contribution in [0.25, 0.3) is 5.76 Å². The number of allylic oxidation sites excluding steroid dienone is 1. The molecule has 0 aromatic carbocycles. The monoisotopic (exact) mass is 140 g/mol. The Morgan fingerprint density at radius 2 is 2.56 bits per heavy atom. The normalized spacial score (nSPS) is 11.9. The number of aliphatic hydroxyl groups excluding tert-OH is 1. The molecular weight excluding hydrogens is 132 g/mol. The third-order valence-electron chi connectivity index (χ3n) is 1.09. The highest BCUT2D eigenvalue weighted by Crippen LogP contribution is 2.13. The van der Waals surface area contributed by atoms with E-state index >= 15 is 0 Å². The molecule has 0 aliphatic carbocycles. The van der Waals surface area contributed by atoms with E-state index in [4.69, 9.17) is 5.11 Å². The Hall–Kier alpha value is -0.760. The number of aliphatic hydroxyl groups is 1. The Balaban J connectivity index is 2.90. The van der Waals surface area contributed by atoms with Crippen LogP contribution in [0.1, 0.15) is 12.5 Å². The number of rotatable bonds is 1. The Labute approximate surface area is 58.3 Å². The van der Waals surface area contributed by atoms with E-state index in [-0.39, 0.29) is 0 Å². The van der Waals surface area contributed by atoms with E-state index in [0.29, 0.717) is 5.76 Å². The molecule has 0 saturated carbocycles. The summed E-state index contributed by atoms with van der Waals surface area (Å²) in [6, 6.07) is 1.89. The van der Waals surface area contributed by atoms with Crippen molar-refractivity contribution in [2.75, 3.05) is 0 Å². The molecule has 0 aliphatic rings. The average Bonchev–Trinajstić information content (AvgIpc) is 2.37. The van der Waals surface area contributed by atoms with Crippen molar-refractivity contribution in [3.05, 3.63) is 28.5 Å². The van der Waals surface area contributed by atoms with Crippen molar-refractivity contribution >= 4 is 17.1 Å². The van der Waals surface area contributed by atoms with Gasteiger partial charge in [-0.05, 0) is 24.4 Å². The lowest BCUT2D eigenvalue weighted by Crippen LogP contribution is -1.73. The largest absolute Gasteiger partial charge is 0.508 e. The molecule has 1 nitrogen and oxygen atoms in total. The van der Waals surface area contributed by atoms with E-state index in [1.54, 1.807) is 17.4 Å². The van der Waals surface area contributed by atoms with E-state index < -0.39 is 0 Å². The molecule has 0 saturated heterocycles. The molecule has 0 aliphatic heterocycles. The number of hydrogen-bond acceptors (Lipinski definition) is 2. The minimum Gasteiger partial charge on any atom is -0.508 e. The first-order chi connectivity index (χ1) is 4.34. The SMILES string of the molecule is CC=C(O)c1ccsc1. The zero-order valence-electron chi connectivity index (χ0n) is 5.16. The molecular formula is C7H8OS. The highest BCUT2D eigenvalue weighted by Gasteiger charge is 1.93. The first-order valence-electron chi connectivity index (χ1n) is 2.72. The lowest BCUT2D eigenvalue weighted by molar-refractivity contribution is 0.511. The van der Waals surface area contributed by atoms with Crippen LogP contribution in [0.5, 0.6) is 0 Å². The quantitative estimate of drug-likeness (QED) is 0.594. The van der Waals surface area contributed by atoms with Crippen molar-refractivity contribution in [1.29, 1.82) is 0 Å². The third-order valence-corrected chi connectivity index (χ3v) is 1.77. The standard InChI is InChI=1S/C7H8OS/c1-2-7(8)6-3-4-9-5-6/h2-5,8H,1H3. The van der Waals surface area contributed by atoms with Crippen LogP contribution in [0.2, 0.25) is 0 Å². The first kappa shape index (κ1) is 6.36. The first-order valence-corrected chi connectivity index (χ1v) is 3.66. The van der Waals surface area contributed by atoms with Crippen LogP contribution in [0, 0.1) is 0 Å². The summed E-state index contributed by atoms with van der Waals surface area (Å²) < 4.78 is 0. The fourth-order valence-corrected chi connectivity index (χ4v) is 1.23. The second-order valence-electron chi connectivity index (χ2n) is 1.69. The maximum Gasteiger partial charge on any atom is 0.119 e. The topological polar surface area (TPSA) is 20.2 Å². The summed E-state index contributed by atoms with van der Waals surface area (Å²) in [6.07, 6.45) is 1.68. The van der Waals surface area contributed by atoms with Gasteiger partial charge >= 0.3 is 0 Å². The molecule has 0 atom stereocenters. The number of hydrogen-bond donors (Lipinski definition) is 1.